The molecule has 0 heterocycles. The molecule has 5 heteroatoms. The van der Waals surface area contributed by atoms with Crippen molar-refractivity contribution in [3.8, 4) is 0 Å². The number of likely N-dealkylation sites (N-methyl/N-ethyl adjacent to an activating group) is 1. The van der Waals surface area contributed by atoms with E-state index in [4.69, 9.17) is 5.73 Å². The van der Waals surface area contributed by atoms with Crippen LogP contribution in [0.15, 0.2) is 18.2 Å². The van der Waals surface area contributed by atoms with Gasteiger partial charge in [-0.1, -0.05) is 6.07 Å². The highest BCUT2D eigenvalue weighted by Crippen LogP contribution is 2.34. The first-order chi connectivity index (χ1) is 8.49. The normalized spacial score (nSPS) is 21.7. The van der Waals surface area contributed by atoms with E-state index in [0.29, 0.717) is 24.9 Å². The number of carbonyl (C=O) groups excluding carboxylic acids is 2. The van der Waals surface area contributed by atoms with Crippen molar-refractivity contribution in [1.82, 2.24) is 10.2 Å². The highest BCUT2D eigenvalue weighted by atomic mass is 16.2. The molecule has 18 heavy (non-hydrogen) atoms. The van der Waals surface area contributed by atoms with Gasteiger partial charge in [0.25, 0.3) is 0 Å². The van der Waals surface area contributed by atoms with Crippen LogP contribution in [0.25, 0.3) is 0 Å². The molecule has 1 aromatic carbocycles. The molecule has 0 saturated carbocycles. The molecule has 1 atom stereocenters. The molecule has 0 saturated heterocycles. The van der Waals surface area contributed by atoms with E-state index in [1.165, 1.54) is 0 Å². The van der Waals surface area contributed by atoms with Gasteiger partial charge in [0.05, 0.1) is 0 Å². The maximum atomic E-state index is 12.1. The van der Waals surface area contributed by atoms with Gasteiger partial charge in [0, 0.05) is 18.5 Å². The molecule has 1 unspecified atom stereocenters. The van der Waals surface area contributed by atoms with Gasteiger partial charge < -0.3 is 5.73 Å². The zero-order valence-corrected chi connectivity index (χ0v) is 10.6. The smallest absolute Gasteiger partial charge is 0.247 e. The predicted molar refractivity (Wildman–Crippen MR) is 68.9 cm³/mol. The summed E-state index contributed by atoms with van der Waals surface area (Å²) in [5, 5.41) is 2.27. The fraction of sp³-hybridized carbons (Fsp3) is 0.385. The van der Waals surface area contributed by atoms with Gasteiger partial charge in [-0.05, 0) is 37.4 Å². The zero-order chi connectivity index (χ0) is 13.3. The fourth-order valence-corrected chi connectivity index (χ4v) is 2.54. The molecule has 1 aliphatic carbocycles. The number of nitrogens with two attached hydrogens (primary N) is 1. The van der Waals surface area contributed by atoms with Crippen LogP contribution >= 0.6 is 0 Å². The highest BCUT2D eigenvalue weighted by molar-refractivity contribution is 5.94. The second kappa shape index (κ2) is 4.42. The summed E-state index contributed by atoms with van der Waals surface area (Å²) in [7, 11) is 3.69. The second-order valence-electron chi connectivity index (χ2n) is 4.90. The number of hydrogen-bond acceptors (Lipinski definition) is 4. The summed E-state index contributed by atoms with van der Waals surface area (Å²) in [5.74, 6) is -0.266. The molecule has 0 aliphatic heterocycles. The highest BCUT2D eigenvalue weighted by Gasteiger charge is 2.45. The quantitative estimate of drug-likeness (QED) is 0.579. The van der Waals surface area contributed by atoms with Gasteiger partial charge in [-0.3, -0.25) is 19.8 Å². The SMILES string of the molecule is CN(C)C1(C(=O)NC=O)Cc2ccc(N)cc2C1. The Morgan fingerprint density at radius 3 is 2.67 bits per heavy atom. The van der Waals surface area contributed by atoms with E-state index in [9.17, 15) is 9.59 Å². The van der Waals surface area contributed by atoms with Crippen LogP contribution in [0.1, 0.15) is 11.1 Å². The summed E-state index contributed by atoms with van der Waals surface area (Å²) >= 11 is 0. The Morgan fingerprint density at radius 1 is 1.39 bits per heavy atom. The number of benzene rings is 1. The van der Waals surface area contributed by atoms with Gasteiger partial charge in [0.1, 0.15) is 5.54 Å². The summed E-state index contributed by atoms with van der Waals surface area (Å²) in [6.45, 7) is 0. The van der Waals surface area contributed by atoms with E-state index in [-0.39, 0.29) is 5.91 Å². The maximum Gasteiger partial charge on any atom is 0.247 e. The molecular weight excluding hydrogens is 230 g/mol. The summed E-state index contributed by atoms with van der Waals surface area (Å²) in [6.07, 6.45) is 1.60. The number of amides is 2. The first-order valence-corrected chi connectivity index (χ1v) is 5.79. The summed E-state index contributed by atoms with van der Waals surface area (Å²) in [5.41, 5.74) is 7.94. The van der Waals surface area contributed by atoms with Crippen molar-refractivity contribution in [2.45, 2.75) is 18.4 Å². The minimum absolute atomic E-state index is 0.266. The van der Waals surface area contributed by atoms with Crippen molar-refractivity contribution < 1.29 is 9.59 Å². The fourth-order valence-electron chi connectivity index (χ4n) is 2.54. The number of anilines is 1. The van der Waals surface area contributed by atoms with Crippen molar-refractivity contribution in [2.24, 2.45) is 0 Å². The average Bonchev–Trinajstić information content (AvgIpc) is 2.69. The Labute approximate surface area is 106 Å². The minimum Gasteiger partial charge on any atom is -0.399 e. The van der Waals surface area contributed by atoms with Crippen LogP contribution in [0, 0.1) is 0 Å². The standard InChI is InChI=1S/C13H17N3O2/c1-16(2)13(12(18)15-8-17)6-9-3-4-11(14)5-10(9)7-13/h3-5,8H,6-7,14H2,1-2H3,(H,15,17,18). The van der Waals surface area contributed by atoms with Crippen molar-refractivity contribution >= 4 is 18.0 Å². The second-order valence-corrected chi connectivity index (χ2v) is 4.90. The third-order valence-electron chi connectivity index (χ3n) is 3.66. The van der Waals surface area contributed by atoms with E-state index in [1.807, 2.05) is 37.2 Å². The Balaban J connectivity index is 2.38. The lowest BCUT2D eigenvalue weighted by Gasteiger charge is -2.33. The Bertz CT molecular complexity index is 499. The van der Waals surface area contributed by atoms with Crippen LogP contribution in [0.2, 0.25) is 0 Å². The number of nitrogens with zero attached hydrogens (tertiary/aromatic N) is 1. The third kappa shape index (κ3) is 1.86. The topological polar surface area (TPSA) is 75.4 Å². The first-order valence-electron chi connectivity index (χ1n) is 5.79. The number of fused-ring (bicyclic) bond motifs is 1. The van der Waals surface area contributed by atoms with E-state index < -0.39 is 5.54 Å². The molecule has 1 aromatic rings. The zero-order valence-electron chi connectivity index (χ0n) is 10.6. The number of carbonyl (C=O) groups is 2. The molecule has 2 amide bonds. The van der Waals surface area contributed by atoms with Gasteiger partial charge in [0.15, 0.2) is 0 Å². The van der Waals surface area contributed by atoms with Gasteiger partial charge >= 0.3 is 0 Å². The van der Waals surface area contributed by atoms with E-state index >= 15 is 0 Å². The molecule has 0 fully saturated rings. The van der Waals surface area contributed by atoms with Crippen LogP contribution in [-0.4, -0.2) is 36.9 Å². The summed E-state index contributed by atoms with van der Waals surface area (Å²) in [6, 6.07) is 5.68. The van der Waals surface area contributed by atoms with Crippen LogP contribution < -0.4 is 11.1 Å². The Hall–Kier alpha value is -1.88. The number of nitrogen functional groups attached to an aromatic ring is 1. The van der Waals surface area contributed by atoms with E-state index in [1.54, 1.807) is 0 Å². The molecular formula is C13H17N3O2. The number of nitrogens with one attached hydrogen (secondary N) is 1. The van der Waals surface area contributed by atoms with Crippen LogP contribution in [0.4, 0.5) is 5.69 Å². The number of hydrogen-bond donors (Lipinski definition) is 2. The van der Waals surface area contributed by atoms with Crippen LogP contribution in [0.3, 0.4) is 0 Å². The molecule has 96 valence electrons. The first kappa shape index (κ1) is 12.6. The molecule has 1 aliphatic rings. The largest absolute Gasteiger partial charge is 0.399 e. The van der Waals surface area contributed by atoms with Crippen molar-refractivity contribution in [3.63, 3.8) is 0 Å². The van der Waals surface area contributed by atoms with Gasteiger partial charge in [-0.25, -0.2) is 0 Å². The molecule has 2 rings (SSSR count). The van der Waals surface area contributed by atoms with Crippen LogP contribution in [-0.2, 0) is 22.4 Å². The minimum atomic E-state index is -0.697. The molecule has 0 bridgehead atoms. The average molecular weight is 247 g/mol. The van der Waals surface area contributed by atoms with Gasteiger partial charge in [0.2, 0.25) is 12.3 Å². The molecule has 0 aromatic heterocycles. The summed E-state index contributed by atoms with van der Waals surface area (Å²) in [4.78, 5) is 24.5. The lowest BCUT2D eigenvalue weighted by atomic mass is 9.93. The Morgan fingerprint density at radius 2 is 2.06 bits per heavy atom. The lowest BCUT2D eigenvalue weighted by Crippen LogP contribution is -2.56. The molecule has 3 N–H and O–H groups in total. The van der Waals surface area contributed by atoms with Crippen molar-refractivity contribution in [1.29, 1.82) is 0 Å². The molecule has 0 spiro atoms. The monoisotopic (exact) mass is 247 g/mol. The number of rotatable bonds is 3. The summed E-state index contributed by atoms with van der Waals surface area (Å²) < 4.78 is 0. The van der Waals surface area contributed by atoms with Gasteiger partial charge in [-0.15, -0.1) is 0 Å². The number of imide groups is 1. The van der Waals surface area contributed by atoms with Crippen molar-refractivity contribution in [2.75, 3.05) is 19.8 Å². The third-order valence-corrected chi connectivity index (χ3v) is 3.66. The van der Waals surface area contributed by atoms with Crippen LogP contribution in [0.5, 0.6) is 0 Å². The predicted octanol–water partition coefficient (Wildman–Crippen LogP) is -0.0596. The lowest BCUT2D eigenvalue weighted by molar-refractivity contribution is -0.134. The van der Waals surface area contributed by atoms with Gasteiger partial charge in [-0.2, -0.15) is 0 Å². The van der Waals surface area contributed by atoms with E-state index in [2.05, 4.69) is 5.32 Å². The van der Waals surface area contributed by atoms with E-state index in [0.717, 1.165) is 11.1 Å². The Kier molecular flexibility index (Phi) is 3.09. The molecule has 5 nitrogen and oxygen atoms in total. The van der Waals surface area contributed by atoms with Crippen molar-refractivity contribution in [3.05, 3.63) is 29.3 Å². The maximum absolute atomic E-state index is 12.1. The molecule has 0 radical (unpaired) electrons.